The maximum Gasteiger partial charge on any atom is 0.263 e. The van der Waals surface area contributed by atoms with Crippen molar-refractivity contribution in [3.05, 3.63) is 46.4 Å². The summed E-state index contributed by atoms with van der Waals surface area (Å²) in [4.78, 5) is 1.00. The summed E-state index contributed by atoms with van der Waals surface area (Å²) in [6.45, 7) is 4.49. The van der Waals surface area contributed by atoms with Crippen molar-refractivity contribution in [2.75, 3.05) is 4.72 Å². The van der Waals surface area contributed by atoms with E-state index in [0.717, 1.165) is 4.88 Å². The normalized spacial score (nSPS) is 11.8. The molecule has 2 N–H and O–H groups in total. The molecule has 4 nitrogen and oxygen atoms in total. The Morgan fingerprint density at radius 1 is 1.19 bits per heavy atom. The summed E-state index contributed by atoms with van der Waals surface area (Å²) >= 11 is 1.39. The molecule has 2 rings (SSSR count). The molecule has 0 saturated carbocycles. The Labute approximate surface area is 128 Å². The van der Waals surface area contributed by atoms with Gasteiger partial charge in [0, 0.05) is 23.2 Å². The standard InChI is InChI=1S/C14H17FN2O2S2/c1-10(2)16-9-13-14(7-8-20-13)21(18,19)17-12-5-3-11(15)4-6-12/h3-8,10,16-17H,9H2,1-2H3. The van der Waals surface area contributed by atoms with Crippen LogP contribution < -0.4 is 10.0 Å². The van der Waals surface area contributed by atoms with Crippen molar-refractivity contribution >= 4 is 27.0 Å². The Kier molecular flexibility index (Phi) is 4.97. The SMILES string of the molecule is CC(C)NCc1sccc1S(=O)(=O)Nc1ccc(F)cc1. The van der Waals surface area contributed by atoms with Crippen molar-refractivity contribution in [2.24, 2.45) is 0 Å². The molecule has 0 aliphatic heterocycles. The predicted octanol–water partition coefficient (Wildman–Crippen LogP) is 3.19. The second-order valence-electron chi connectivity index (χ2n) is 4.86. The first kappa shape index (κ1) is 15.9. The van der Waals surface area contributed by atoms with Crippen molar-refractivity contribution in [1.82, 2.24) is 5.32 Å². The molecular weight excluding hydrogens is 311 g/mol. The molecule has 21 heavy (non-hydrogen) atoms. The highest BCUT2D eigenvalue weighted by Gasteiger charge is 2.19. The molecule has 1 aromatic heterocycles. The van der Waals surface area contributed by atoms with E-state index in [1.165, 1.54) is 35.6 Å². The van der Waals surface area contributed by atoms with Gasteiger partial charge in [0.2, 0.25) is 0 Å². The van der Waals surface area contributed by atoms with Crippen molar-refractivity contribution in [1.29, 1.82) is 0 Å². The zero-order valence-electron chi connectivity index (χ0n) is 11.8. The van der Waals surface area contributed by atoms with Crippen LogP contribution in [0.4, 0.5) is 10.1 Å². The van der Waals surface area contributed by atoms with Crippen LogP contribution in [0.3, 0.4) is 0 Å². The van der Waals surface area contributed by atoms with Crippen molar-refractivity contribution in [2.45, 2.75) is 31.3 Å². The number of anilines is 1. The molecule has 0 spiro atoms. The van der Waals surface area contributed by atoms with Crippen LogP contribution in [0, 0.1) is 5.82 Å². The minimum absolute atomic E-state index is 0.255. The largest absolute Gasteiger partial charge is 0.310 e. The van der Waals surface area contributed by atoms with E-state index >= 15 is 0 Å². The second-order valence-corrected chi connectivity index (χ2v) is 7.51. The first-order valence-electron chi connectivity index (χ1n) is 6.46. The molecule has 1 aromatic carbocycles. The molecule has 114 valence electrons. The highest BCUT2D eigenvalue weighted by molar-refractivity contribution is 7.93. The fourth-order valence-corrected chi connectivity index (χ4v) is 4.18. The predicted molar refractivity (Wildman–Crippen MR) is 83.5 cm³/mol. The summed E-state index contributed by atoms with van der Waals surface area (Å²) in [7, 11) is -3.66. The number of halogens is 1. The van der Waals surface area contributed by atoms with Crippen LogP contribution in [-0.2, 0) is 16.6 Å². The lowest BCUT2D eigenvalue weighted by molar-refractivity contribution is 0.581. The van der Waals surface area contributed by atoms with E-state index in [9.17, 15) is 12.8 Å². The van der Waals surface area contributed by atoms with Crippen molar-refractivity contribution in [3.8, 4) is 0 Å². The van der Waals surface area contributed by atoms with Gasteiger partial charge >= 0.3 is 0 Å². The fraction of sp³-hybridized carbons (Fsp3) is 0.286. The second kappa shape index (κ2) is 6.55. The van der Waals surface area contributed by atoms with Crippen LogP contribution >= 0.6 is 11.3 Å². The third kappa shape index (κ3) is 4.26. The number of benzene rings is 1. The van der Waals surface area contributed by atoms with Crippen molar-refractivity contribution < 1.29 is 12.8 Å². The van der Waals surface area contributed by atoms with Crippen LogP contribution in [0.5, 0.6) is 0 Å². The van der Waals surface area contributed by atoms with Gasteiger partial charge in [0.1, 0.15) is 10.7 Å². The number of nitrogens with one attached hydrogen (secondary N) is 2. The number of hydrogen-bond donors (Lipinski definition) is 2. The molecule has 0 amide bonds. The Balaban J connectivity index is 2.19. The quantitative estimate of drug-likeness (QED) is 0.856. The van der Waals surface area contributed by atoms with E-state index in [0.29, 0.717) is 12.2 Å². The highest BCUT2D eigenvalue weighted by atomic mass is 32.2. The first-order valence-corrected chi connectivity index (χ1v) is 8.83. The van der Waals surface area contributed by atoms with Crippen LogP contribution in [-0.4, -0.2) is 14.5 Å². The number of thiophene rings is 1. The summed E-state index contributed by atoms with van der Waals surface area (Å²) in [5.74, 6) is -0.407. The highest BCUT2D eigenvalue weighted by Crippen LogP contribution is 2.24. The molecule has 7 heteroatoms. The number of sulfonamides is 1. The Morgan fingerprint density at radius 2 is 1.86 bits per heavy atom. The molecule has 0 fully saturated rings. The minimum Gasteiger partial charge on any atom is -0.310 e. The molecule has 0 atom stereocenters. The minimum atomic E-state index is -3.66. The van der Waals surface area contributed by atoms with E-state index in [4.69, 9.17) is 0 Å². The average molecular weight is 328 g/mol. The van der Waals surface area contributed by atoms with E-state index in [1.807, 2.05) is 13.8 Å². The van der Waals surface area contributed by atoms with E-state index in [1.54, 1.807) is 11.4 Å². The maximum absolute atomic E-state index is 12.8. The molecule has 2 aromatic rings. The van der Waals surface area contributed by atoms with Crippen LogP contribution in [0.25, 0.3) is 0 Å². The van der Waals surface area contributed by atoms with Gasteiger partial charge in [0.15, 0.2) is 0 Å². The van der Waals surface area contributed by atoms with Gasteiger partial charge in [-0.2, -0.15) is 0 Å². The molecule has 0 unspecified atom stereocenters. The topological polar surface area (TPSA) is 58.2 Å². The zero-order chi connectivity index (χ0) is 15.5. The summed E-state index contributed by atoms with van der Waals surface area (Å²) in [5, 5.41) is 4.95. The van der Waals surface area contributed by atoms with Crippen molar-refractivity contribution in [3.63, 3.8) is 0 Å². The summed E-state index contributed by atoms with van der Waals surface area (Å²) < 4.78 is 40.1. The summed E-state index contributed by atoms with van der Waals surface area (Å²) in [6.07, 6.45) is 0. The smallest absolute Gasteiger partial charge is 0.263 e. The average Bonchev–Trinajstić information content (AvgIpc) is 2.88. The van der Waals surface area contributed by atoms with Gasteiger partial charge in [0.05, 0.1) is 0 Å². The van der Waals surface area contributed by atoms with Gasteiger partial charge in [0.25, 0.3) is 10.0 Å². The molecule has 0 radical (unpaired) electrons. The third-order valence-electron chi connectivity index (χ3n) is 2.76. The third-order valence-corrected chi connectivity index (χ3v) is 5.28. The number of hydrogen-bond acceptors (Lipinski definition) is 4. The maximum atomic E-state index is 12.8. The molecule has 0 bridgehead atoms. The van der Waals surface area contributed by atoms with Gasteiger partial charge in [-0.1, -0.05) is 13.8 Å². The lowest BCUT2D eigenvalue weighted by Crippen LogP contribution is -2.23. The van der Waals surface area contributed by atoms with Crippen LogP contribution in [0.1, 0.15) is 18.7 Å². The molecule has 1 heterocycles. The monoisotopic (exact) mass is 328 g/mol. The summed E-state index contributed by atoms with van der Waals surface area (Å²) in [6, 6.07) is 7.07. The zero-order valence-corrected chi connectivity index (χ0v) is 13.4. The van der Waals surface area contributed by atoms with Gasteiger partial charge in [-0.15, -0.1) is 11.3 Å². The lowest BCUT2D eigenvalue weighted by atomic mass is 10.3. The van der Waals surface area contributed by atoms with E-state index < -0.39 is 15.8 Å². The Bertz CT molecular complexity index is 694. The fourth-order valence-electron chi connectivity index (χ4n) is 1.72. The van der Waals surface area contributed by atoms with E-state index in [2.05, 4.69) is 10.0 Å². The van der Waals surface area contributed by atoms with E-state index in [-0.39, 0.29) is 10.9 Å². The molecule has 0 saturated heterocycles. The number of rotatable bonds is 6. The van der Waals surface area contributed by atoms with Crippen LogP contribution in [0.2, 0.25) is 0 Å². The molecule has 0 aliphatic rings. The lowest BCUT2D eigenvalue weighted by Gasteiger charge is -2.11. The van der Waals surface area contributed by atoms with Gasteiger partial charge in [-0.3, -0.25) is 4.72 Å². The summed E-state index contributed by atoms with van der Waals surface area (Å²) in [5.41, 5.74) is 0.338. The van der Waals surface area contributed by atoms with Gasteiger partial charge < -0.3 is 5.32 Å². The molecule has 0 aliphatic carbocycles. The first-order chi connectivity index (χ1) is 9.88. The molecular formula is C14H17FN2O2S2. The Hall–Kier alpha value is -1.44. The van der Waals surface area contributed by atoms with Gasteiger partial charge in [-0.25, -0.2) is 12.8 Å². The van der Waals surface area contributed by atoms with Crippen LogP contribution in [0.15, 0.2) is 40.6 Å². The van der Waals surface area contributed by atoms with Gasteiger partial charge in [-0.05, 0) is 35.7 Å². The Morgan fingerprint density at radius 3 is 2.48 bits per heavy atom.